The van der Waals surface area contributed by atoms with Crippen LogP contribution in [0.15, 0.2) is 24.3 Å². The average Bonchev–Trinajstić information content (AvgIpc) is 3.10. The number of nitrogens with one attached hydrogen (secondary N) is 1. The molecule has 0 atom stereocenters. The molecule has 1 amide bonds. The number of thiophene rings is 1. The summed E-state index contributed by atoms with van der Waals surface area (Å²) >= 11 is 12.9. The molecule has 1 fully saturated rings. The Balaban J connectivity index is 1.44. The van der Waals surface area contributed by atoms with Crippen LogP contribution in [0.1, 0.15) is 64.1 Å². The van der Waals surface area contributed by atoms with Gasteiger partial charge in [0.05, 0.1) is 21.9 Å². The molecular weight excluding hydrogens is 473 g/mol. The van der Waals surface area contributed by atoms with E-state index in [1.165, 1.54) is 6.07 Å². The molecule has 0 radical (unpaired) electrons. The fourth-order valence-electron chi connectivity index (χ4n) is 3.77. The van der Waals surface area contributed by atoms with E-state index in [0.717, 1.165) is 16.9 Å². The lowest BCUT2D eigenvalue weighted by molar-refractivity contribution is -0.143. The molecule has 1 saturated carbocycles. The van der Waals surface area contributed by atoms with Crippen LogP contribution in [0, 0.1) is 12.8 Å². The molecule has 32 heavy (non-hydrogen) atoms. The number of hydrogen-bond donors (Lipinski definition) is 2. The van der Waals surface area contributed by atoms with Crippen LogP contribution in [0.25, 0.3) is 0 Å². The molecule has 6 nitrogen and oxygen atoms in total. The zero-order chi connectivity index (χ0) is 23.3. The summed E-state index contributed by atoms with van der Waals surface area (Å²) in [6.45, 7) is 2.24. The summed E-state index contributed by atoms with van der Waals surface area (Å²) in [4.78, 5) is 36.2. The second-order valence-electron chi connectivity index (χ2n) is 7.92. The van der Waals surface area contributed by atoms with Crippen molar-refractivity contribution < 1.29 is 24.2 Å². The molecule has 1 aliphatic rings. The Morgan fingerprint density at radius 1 is 1.16 bits per heavy atom. The normalized spacial score (nSPS) is 18.2. The van der Waals surface area contributed by atoms with Gasteiger partial charge >= 0.3 is 5.97 Å². The summed E-state index contributed by atoms with van der Waals surface area (Å²) < 4.78 is 6.38. The number of ketones is 1. The van der Waals surface area contributed by atoms with E-state index in [1.54, 1.807) is 12.1 Å². The number of carbonyl (C=O) groups is 3. The molecule has 0 spiro atoms. The number of carboxylic acids is 1. The summed E-state index contributed by atoms with van der Waals surface area (Å²) in [7, 11) is 0. The Kier molecular flexibility index (Phi) is 8.57. The number of aliphatic carboxylic acids is 1. The van der Waals surface area contributed by atoms with E-state index in [0.29, 0.717) is 70.6 Å². The lowest BCUT2D eigenvalue weighted by Gasteiger charge is -2.27. The molecule has 2 aromatic rings. The quantitative estimate of drug-likeness (QED) is 0.338. The van der Waals surface area contributed by atoms with E-state index in [2.05, 4.69) is 5.32 Å². The van der Waals surface area contributed by atoms with Crippen LogP contribution in [0.4, 0.5) is 0 Å². The largest absolute Gasteiger partial charge is 0.490 e. The number of carbonyl (C=O) groups excluding carboxylic acids is 2. The Bertz CT molecular complexity index is 979. The molecule has 0 bridgehead atoms. The van der Waals surface area contributed by atoms with Crippen LogP contribution < -0.4 is 10.1 Å². The third-order valence-corrected chi connectivity index (χ3v) is 7.42. The van der Waals surface area contributed by atoms with E-state index in [-0.39, 0.29) is 23.7 Å². The van der Waals surface area contributed by atoms with Gasteiger partial charge in [-0.25, -0.2) is 0 Å². The van der Waals surface area contributed by atoms with Crippen LogP contribution in [0.3, 0.4) is 0 Å². The third kappa shape index (κ3) is 6.47. The van der Waals surface area contributed by atoms with E-state index in [1.807, 2.05) is 13.0 Å². The van der Waals surface area contributed by atoms with Gasteiger partial charge in [-0.15, -0.1) is 11.3 Å². The van der Waals surface area contributed by atoms with Crippen molar-refractivity contribution in [2.75, 3.05) is 6.54 Å². The van der Waals surface area contributed by atoms with Crippen LogP contribution in [0.5, 0.6) is 5.75 Å². The molecular formula is C23H25Cl2NO5S. The Morgan fingerprint density at radius 3 is 2.47 bits per heavy atom. The van der Waals surface area contributed by atoms with E-state index < -0.39 is 5.97 Å². The number of hydrogen-bond acceptors (Lipinski definition) is 5. The molecule has 172 valence electrons. The lowest BCUT2D eigenvalue weighted by atomic mass is 9.87. The first-order chi connectivity index (χ1) is 15.2. The van der Waals surface area contributed by atoms with Crippen LogP contribution in [-0.4, -0.2) is 35.4 Å². The zero-order valence-electron chi connectivity index (χ0n) is 17.7. The van der Waals surface area contributed by atoms with Crippen LogP contribution >= 0.6 is 34.5 Å². The monoisotopic (exact) mass is 497 g/mol. The first-order valence-electron chi connectivity index (χ1n) is 10.5. The number of halogens is 2. The topological polar surface area (TPSA) is 92.7 Å². The lowest BCUT2D eigenvalue weighted by Crippen LogP contribution is -2.27. The van der Waals surface area contributed by atoms with Crippen LogP contribution in [-0.2, 0) is 4.79 Å². The van der Waals surface area contributed by atoms with Crippen molar-refractivity contribution in [2.24, 2.45) is 5.92 Å². The van der Waals surface area contributed by atoms with Crippen molar-refractivity contribution in [1.82, 2.24) is 5.32 Å². The molecule has 1 aromatic heterocycles. The Labute approximate surface area is 200 Å². The first-order valence-corrected chi connectivity index (χ1v) is 12.1. The van der Waals surface area contributed by atoms with Gasteiger partial charge in [0.2, 0.25) is 0 Å². The highest BCUT2D eigenvalue weighted by atomic mass is 35.5. The predicted octanol–water partition coefficient (Wildman–Crippen LogP) is 5.78. The van der Waals surface area contributed by atoms with Gasteiger partial charge in [0.15, 0.2) is 5.78 Å². The molecule has 1 aliphatic carbocycles. The fourth-order valence-corrected chi connectivity index (χ4v) is 5.06. The summed E-state index contributed by atoms with van der Waals surface area (Å²) in [6, 6.07) is 6.93. The first kappa shape index (κ1) is 24.6. The molecule has 1 heterocycles. The number of Topliss-reactive ketones (excluding diaryl/α,β-unsaturated/α-hetero) is 1. The smallest absolute Gasteiger partial charge is 0.306 e. The summed E-state index contributed by atoms with van der Waals surface area (Å²) in [5.41, 5.74) is 1.47. The molecule has 0 aliphatic heterocycles. The van der Waals surface area contributed by atoms with Crippen molar-refractivity contribution in [1.29, 1.82) is 0 Å². The average molecular weight is 498 g/mol. The number of rotatable bonds is 9. The Hall–Kier alpha value is -2.09. The Morgan fingerprint density at radius 2 is 1.88 bits per heavy atom. The van der Waals surface area contributed by atoms with Gasteiger partial charge in [-0.3, -0.25) is 14.4 Å². The third-order valence-electron chi connectivity index (χ3n) is 5.56. The minimum absolute atomic E-state index is 0.00303. The van der Waals surface area contributed by atoms with Gasteiger partial charge < -0.3 is 15.2 Å². The molecule has 9 heteroatoms. The molecule has 0 saturated heterocycles. The number of carboxylic acid groups (broad SMARTS) is 1. The van der Waals surface area contributed by atoms with Crippen molar-refractivity contribution in [3.05, 3.63) is 49.6 Å². The molecule has 2 N–H and O–H groups in total. The molecule has 0 unspecified atom stereocenters. The van der Waals surface area contributed by atoms with Gasteiger partial charge in [-0.05, 0) is 68.9 Å². The second-order valence-corrected chi connectivity index (χ2v) is 9.98. The highest BCUT2D eigenvalue weighted by Crippen LogP contribution is 2.31. The standard InChI is InChI=1S/C23H25Cl2NO5S/c1-13-11-16(31-15-6-4-14(5-7-15)23(29)30)8-9-17(13)19(27)3-2-10-26-22(28)20-12-18(24)21(25)32-20/h8-9,11-12,14-15H,2-7,10H2,1H3,(H,26,28)(H,29,30). The number of benzene rings is 1. The minimum Gasteiger partial charge on any atom is -0.490 e. The van der Waals surface area contributed by atoms with E-state index in [9.17, 15) is 14.4 Å². The highest BCUT2D eigenvalue weighted by Gasteiger charge is 2.27. The zero-order valence-corrected chi connectivity index (χ0v) is 20.0. The highest BCUT2D eigenvalue weighted by molar-refractivity contribution is 7.18. The van der Waals surface area contributed by atoms with E-state index in [4.69, 9.17) is 33.0 Å². The van der Waals surface area contributed by atoms with Crippen molar-refractivity contribution in [2.45, 2.75) is 51.6 Å². The van der Waals surface area contributed by atoms with Crippen molar-refractivity contribution in [3.63, 3.8) is 0 Å². The second kappa shape index (κ2) is 11.2. The van der Waals surface area contributed by atoms with Crippen molar-refractivity contribution in [3.8, 4) is 5.75 Å². The number of amides is 1. The van der Waals surface area contributed by atoms with Crippen LogP contribution in [0.2, 0.25) is 9.36 Å². The summed E-state index contributed by atoms with van der Waals surface area (Å²) in [6.07, 6.45) is 3.51. The fraction of sp³-hybridized carbons (Fsp3) is 0.435. The van der Waals surface area contributed by atoms with E-state index >= 15 is 0 Å². The van der Waals surface area contributed by atoms with Crippen molar-refractivity contribution >= 4 is 52.2 Å². The predicted molar refractivity (Wildman–Crippen MR) is 125 cm³/mol. The maximum Gasteiger partial charge on any atom is 0.306 e. The van der Waals surface area contributed by atoms with Gasteiger partial charge in [0.25, 0.3) is 5.91 Å². The summed E-state index contributed by atoms with van der Waals surface area (Å²) in [5.74, 6) is -0.568. The molecule has 1 aromatic carbocycles. The molecule has 3 rings (SSSR count). The maximum absolute atomic E-state index is 12.6. The van der Waals surface area contributed by atoms with Gasteiger partial charge in [-0.2, -0.15) is 0 Å². The minimum atomic E-state index is -0.734. The summed E-state index contributed by atoms with van der Waals surface area (Å²) in [5, 5.41) is 12.2. The SMILES string of the molecule is Cc1cc(OC2CCC(C(=O)O)CC2)ccc1C(=O)CCCNC(=O)c1cc(Cl)c(Cl)s1. The van der Waals surface area contributed by atoms with Gasteiger partial charge in [0, 0.05) is 18.5 Å². The van der Waals surface area contributed by atoms with Gasteiger partial charge in [-0.1, -0.05) is 23.2 Å². The number of aryl methyl sites for hydroxylation is 1. The van der Waals surface area contributed by atoms with Gasteiger partial charge in [0.1, 0.15) is 10.1 Å². The maximum atomic E-state index is 12.6. The number of ether oxygens (including phenoxy) is 1.